The molecule has 16 heavy (non-hydrogen) atoms. The van der Waals surface area contributed by atoms with Gasteiger partial charge in [-0.3, -0.25) is 4.79 Å². The monoisotopic (exact) mass is 257 g/mol. The molecule has 0 aliphatic rings. The van der Waals surface area contributed by atoms with Gasteiger partial charge in [-0.2, -0.15) is 12.6 Å². The molecule has 0 heterocycles. The highest BCUT2D eigenvalue weighted by molar-refractivity contribution is 7.81. The predicted molar refractivity (Wildman–Crippen MR) is 70.9 cm³/mol. The fraction of sp³-hybridized carbons (Fsp3) is 0.417. The minimum absolute atomic E-state index is 0.0572. The van der Waals surface area contributed by atoms with Crippen LogP contribution in [0.15, 0.2) is 24.3 Å². The van der Waals surface area contributed by atoms with Crippen LogP contribution in [0, 0.1) is 5.92 Å². The molecule has 0 radical (unpaired) electrons. The quantitative estimate of drug-likeness (QED) is 0.798. The van der Waals surface area contributed by atoms with Crippen LogP contribution in [-0.2, 0) is 11.3 Å². The summed E-state index contributed by atoms with van der Waals surface area (Å²) < 4.78 is 0. The van der Waals surface area contributed by atoms with Crippen LogP contribution in [0.25, 0.3) is 0 Å². The van der Waals surface area contributed by atoms with Gasteiger partial charge >= 0.3 is 0 Å². The van der Waals surface area contributed by atoms with Crippen LogP contribution in [-0.4, -0.2) is 11.2 Å². The van der Waals surface area contributed by atoms with Crippen molar-refractivity contribution < 1.29 is 4.79 Å². The lowest BCUT2D eigenvalue weighted by atomic mass is 10.1. The summed E-state index contributed by atoms with van der Waals surface area (Å²) in [4.78, 5) is 11.6. The fourth-order valence-corrected chi connectivity index (χ4v) is 1.53. The van der Waals surface area contributed by atoms with Crippen molar-refractivity contribution in [3.05, 3.63) is 34.9 Å². The topological polar surface area (TPSA) is 29.1 Å². The van der Waals surface area contributed by atoms with E-state index >= 15 is 0 Å². The summed E-state index contributed by atoms with van der Waals surface area (Å²) >= 11 is 10.2. The largest absolute Gasteiger partial charge is 0.351 e. The van der Waals surface area contributed by atoms with E-state index in [9.17, 15) is 4.79 Å². The Kier molecular flexibility index (Phi) is 5.16. The van der Waals surface area contributed by atoms with Crippen molar-refractivity contribution in [2.75, 3.05) is 0 Å². The third-order valence-corrected chi connectivity index (χ3v) is 3.51. The van der Waals surface area contributed by atoms with Crippen LogP contribution in [0.3, 0.4) is 0 Å². The smallest absolute Gasteiger partial charge is 0.233 e. The van der Waals surface area contributed by atoms with E-state index in [0.29, 0.717) is 11.6 Å². The Morgan fingerprint density at radius 3 is 2.62 bits per heavy atom. The molecule has 88 valence electrons. The summed E-state index contributed by atoms with van der Waals surface area (Å²) in [6.07, 6.45) is 0. The van der Waals surface area contributed by atoms with Gasteiger partial charge in [0, 0.05) is 11.6 Å². The maximum atomic E-state index is 11.6. The van der Waals surface area contributed by atoms with Crippen LogP contribution >= 0.6 is 24.2 Å². The molecule has 4 heteroatoms. The highest BCUT2D eigenvalue weighted by Crippen LogP contribution is 2.15. The maximum Gasteiger partial charge on any atom is 0.233 e. The second-order valence-electron chi connectivity index (χ2n) is 4.00. The van der Waals surface area contributed by atoms with Gasteiger partial charge in [0.15, 0.2) is 0 Å². The molecule has 1 amide bonds. The molecular weight excluding hydrogens is 242 g/mol. The minimum Gasteiger partial charge on any atom is -0.351 e. The lowest BCUT2D eigenvalue weighted by molar-refractivity contribution is -0.121. The van der Waals surface area contributed by atoms with Gasteiger partial charge in [0.05, 0.1) is 5.25 Å². The van der Waals surface area contributed by atoms with E-state index in [2.05, 4.69) is 17.9 Å². The number of halogens is 1. The van der Waals surface area contributed by atoms with Gasteiger partial charge in [0.25, 0.3) is 0 Å². The molecular formula is C12H16ClNOS. The normalized spacial score (nSPS) is 12.6. The van der Waals surface area contributed by atoms with E-state index in [1.54, 1.807) is 0 Å². The first-order chi connectivity index (χ1) is 7.52. The Morgan fingerprint density at radius 1 is 1.44 bits per heavy atom. The second-order valence-corrected chi connectivity index (χ2v) is 4.96. The summed E-state index contributed by atoms with van der Waals surface area (Å²) in [5.41, 5.74) is 0.918. The second kappa shape index (κ2) is 6.16. The molecule has 0 bridgehead atoms. The number of rotatable bonds is 4. The van der Waals surface area contributed by atoms with Gasteiger partial charge in [0.2, 0.25) is 5.91 Å². The van der Waals surface area contributed by atoms with Gasteiger partial charge in [-0.1, -0.05) is 43.6 Å². The lowest BCUT2D eigenvalue weighted by Crippen LogP contribution is -2.33. The highest BCUT2D eigenvalue weighted by Gasteiger charge is 2.17. The standard InChI is InChI=1S/C12H16ClNOS/c1-8(2)11(16)12(15)14-7-9-5-3-4-6-10(9)13/h3-6,8,11,16H,7H2,1-2H3,(H,14,15). The zero-order valence-electron chi connectivity index (χ0n) is 9.40. The van der Waals surface area contributed by atoms with Crippen molar-refractivity contribution in [3.63, 3.8) is 0 Å². The number of thiol groups is 1. The molecule has 1 N–H and O–H groups in total. The van der Waals surface area contributed by atoms with Crippen molar-refractivity contribution in [3.8, 4) is 0 Å². The van der Waals surface area contributed by atoms with Crippen LogP contribution < -0.4 is 5.32 Å². The summed E-state index contributed by atoms with van der Waals surface area (Å²) in [5.74, 6) is 0.160. The number of carbonyl (C=O) groups excluding carboxylic acids is 1. The molecule has 0 aliphatic carbocycles. The summed E-state index contributed by atoms with van der Waals surface area (Å²) in [6, 6.07) is 7.46. The molecule has 0 spiro atoms. The molecule has 0 saturated heterocycles. The molecule has 0 fully saturated rings. The Morgan fingerprint density at radius 2 is 2.06 bits per heavy atom. The zero-order chi connectivity index (χ0) is 12.1. The van der Waals surface area contributed by atoms with Crippen LogP contribution in [0.2, 0.25) is 5.02 Å². The highest BCUT2D eigenvalue weighted by atomic mass is 35.5. The average molecular weight is 258 g/mol. The zero-order valence-corrected chi connectivity index (χ0v) is 11.1. The number of hydrogen-bond acceptors (Lipinski definition) is 2. The van der Waals surface area contributed by atoms with Crippen molar-refractivity contribution in [1.82, 2.24) is 5.32 Å². The number of hydrogen-bond donors (Lipinski definition) is 2. The predicted octanol–water partition coefficient (Wildman–Crippen LogP) is 2.91. The number of amides is 1. The van der Waals surface area contributed by atoms with Crippen molar-refractivity contribution in [1.29, 1.82) is 0 Å². The van der Waals surface area contributed by atoms with Crippen molar-refractivity contribution >= 4 is 30.1 Å². The Balaban J connectivity index is 2.52. The fourth-order valence-electron chi connectivity index (χ4n) is 1.23. The third-order valence-electron chi connectivity index (χ3n) is 2.31. The molecule has 1 rings (SSSR count). The van der Waals surface area contributed by atoms with Gasteiger partial charge < -0.3 is 5.32 Å². The molecule has 0 aliphatic heterocycles. The van der Waals surface area contributed by atoms with Crippen LogP contribution in [0.1, 0.15) is 19.4 Å². The molecule has 1 atom stereocenters. The molecule has 0 saturated carbocycles. The van der Waals surface area contributed by atoms with Gasteiger partial charge in [-0.15, -0.1) is 0 Å². The maximum absolute atomic E-state index is 11.6. The van der Waals surface area contributed by atoms with E-state index in [-0.39, 0.29) is 17.1 Å². The van der Waals surface area contributed by atoms with E-state index in [0.717, 1.165) is 5.56 Å². The first kappa shape index (κ1) is 13.4. The van der Waals surface area contributed by atoms with E-state index in [1.807, 2.05) is 38.1 Å². The van der Waals surface area contributed by atoms with Crippen LogP contribution in [0.4, 0.5) is 0 Å². The van der Waals surface area contributed by atoms with Gasteiger partial charge in [-0.25, -0.2) is 0 Å². The first-order valence-corrected chi connectivity index (χ1v) is 6.11. The van der Waals surface area contributed by atoms with Gasteiger partial charge in [0.1, 0.15) is 0 Å². The number of nitrogens with one attached hydrogen (secondary N) is 1. The Bertz CT molecular complexity index is 368. The molecule has 2 nitrogen and oxygen atoms in total. The molecule has 0 aromatic heterocycles. The minimum atomic E-state index is -0.275. The Labute approximate surface area is 107 Å². The van der Waals surface area contributed by atoms with Gasteiger partial charge in [-0.05, 0) is 17.5 Å². The van der Waals surface area contributed by atoms with E-state index in [1.165, 1.54) is 0 Å². The molecule has 1 aromatic carbocycles. The van der Waals surface area contributed by atoms with Crippen molar-refractivity contribution in [2.45, 2.75) is 25.6 Å². The van der Waals surface area contributed by atoms with E-state index in [4.69, 9.17) is 11.6 Å². The third kappa shape index (κ3) is 3.72. The molecule has 1 aromatic rings. The first-order valence-electron chi connectivity index (χ1n) is 5.21. The van der Waals surface area contributed by atoms with Crippen LogP contribution in [0.5, 0.6) is 0 Å². The number of carbonyl (C=O) groups is 1. The lowest BCUT2D eigenvalue weighted by Gasteiger charge is -2.14. The summed E-state index contributed by atoms with van der Waals surface area (Å²) in [7, 11) is 0. The summed E-state index contributed by atoms with van der Waals surface area (Å²) in [5, 5.41) is 3.22. The average Bonchev–Trinajstić information content (AvgIpc) is 2.26. The molecule has 1 unspecified atom stereocenters. The Hall–Kier alpha value is -0.670. The van der Waals surface area contributed by atoms with E-state index < -0.39 is 0 Å². The summed E-state index contributed by atoms with van der Waals surface area (Å²) in [6.45, 7) is 4.38. The van der Waals surface area contributed by atoms with Crippen molar-refractivity contribution in [2.24, 2.45) is 5.92 Å². The number of benzene rings is 1. The SMILES string of the molecule is CC(C)C(S)C(=O)NCc1ccccc1Cl.